The van der Waals surface area contributed by atoms with Gasteiger partial charge >= 0.3 is 0 Å². The van der Waals surface area contributed by atoms with Crippen LogP contribution < -0.4 is 5.73 Å². The minimum Gasteiger partial charge on any atom is -0.382 e. The van der Waals surface area contributed by atoms with Crippen molar-refractivity contribution in [1.82, 2.24) is 9.78 Å². The standard InChI is InChI=1S/C17H16N6O4S/c1-11-16(17(18)22(21-11)12-6-4-3-5-7-12)20-19-14-9-8-13(28(2,26)27)10-15(14)23(24)25/h3-10H,18H2,1-2H3. The van der Waals surface area contributed by atoms with Crippen LogP contribution in [0.1, 0.15) is 5.69 Å². The summed E-state index contributed by atoms with van der Waals surface area (Å²) in [6.45, 7) is 1.69. The number of nitro groups is 1. The Bertz CT molecular complexity index is 1190. The molecule has 28 heavy (non-hydrogen) atoms. The van der Waals surface area contributed by atoms with E-state index >= 15 is 0 Å². The number of hydrogen-bond acceptors (Lipinski definition) is 8. The fourth-order valence-electron chi connectivity index (χ4n) is 2.50. The SMILES string of the molecule is Cc1nn(-c2ccccc2)c(N)c1N=Nc1ccc(S(C)(=O)=O)cc1[N+](=O)[O-]. The quantitative estimate of drug-likeness (QED) is 0.394. The predicted molar refractivity (Wildman–Crippen MR) is 103 cm³/mol. The second kappa shape index (κ2) is 7.19. The van der Waals surface area contributed by atoms with Crippen LogP contribution in [0.5, 0.6) is 0 Å². The van der Waals surface area contributed by atoms with E-state index in [1.54, 1.807) is 6.92 Å². The number of para-hydroxylation sites is 1. The number of hydrogen-bond donors (Lipinski definition) is 1. The molecule has 0 unspecified atom stereocenters. The van der Waals surface area contributed by atoms with Crippen LogP contribution >= 0.6 is 0 Å². The van der Waals surface area contributed by atoms with Crippen molar-refractivity contribution in [2.45, 2.75) is 11.8 Å². The highest BCUT2D eigenvalue weighted by Gasteiger charge is 2.19. The van der Waals surface area contributed by atoms with Crippen molar-refractivity contribution in [3.8, 4) is 5.69 Å². The molecule has 0 atom stereocenters. The molecule has 2 N–H and O–H groups in total. The van der Waals surface area contributed by atoms with Gasteiger partial charge in [-0.15, -0.1) is 10.2 Å². The third-order valence-electron chi connectivity index (χ3n) is 3.89. The molecule has 0 aliphatic rings. The van der Waals surface area contributed by atoms with Gasteiger partial charge in [-0.1, -0.05) is 18.2 Å². The van der Waals surface area contributed by atoms with Gasteiger partial charge < -0.3 is 5.73 Å². The van der Waals surface area contributed by atoms with Crippen LogP contribution in [0.3, 0.4) is 0 Å². The van der Waals surface area contributed by atoms with Gasteiger partial charge in [-0.3, -0.25) is 10.1 Å². The molecule has 0 fully saturated rings. The molecule has 3 aromatic rings. The van der Waals surface area contributed by atoms with Gasteiger partial charge in [-0.25, -0.2) is 13.1 Å². The normalized spacial score (nSPS) is 11.8. The molecule has 0 aliphatic carbocycles. The Morgan fingerprint density at radius 3 is 2.43 bits per heavy atom. The maximum Gasteiger partial charge on any atom is 0.298 e. The predicted octanol–water partition coefficient (Wildman–Crippen LogP) is 3.49. The lowest BCUT2D eigenvalue weighted by molar-refractivity contribution is -0.384. The van der Waals surface area contributed by atoms with E-state index in [2.05, 4.69) is 15.3 Å². The minimum absolute atomic E-state index is 0.0938. The number of aromatic nitrogens is 2. The average molecular weight is 400 g/mol. The van der Waals surface area contributed by atoms with Crippen molar-refractivity contribution in [2.75, 3.05) is 12.0 Å². The summed E-state index contributed by atoms with van der Waals surface area (Å²) in [6.07, 6.45) is 0.968. The molecule has 11 heteroatoms. The first-order chi connectivity index (χ1) is 13.2. The lowest BCUT2D eigenvalue weighted by atomic mass is 10.3. The molecule has 1 aromatic heterocycles. The number of azo groups is 1. The van der Waals surface area contributed by atoms with Crippen LogP contribution in [0.25, 0.3) is 5.69 Å². The Kier molecular flexibility index (Phi) is 4.92. The molecule has 0 bridgehead atoms. The van der Waals surface area contributed by atoms with Gasteiger partial charge in [-0.05, 0) is 31.2 Å². The number of aryl methyl sites for hydroxylation is 1. The van der Waals surface area contributed by atoms with Gasteiger partial charge in [0.25, 0.3) is 5.69 Å². The molecule has 0 amide bonds. The van der Waals surface area contributed by atoms with Gasteiger partial charge in [0.05, 0.1) is 21.2 Å². The van der Waals surface area contributed by atoms with Crippen LogP contribution in [0.15, 0.2) is 63.7 Å². The minimum atomic E-state index is -3.59. The summed E-state index contributed by atoms with van der Waals surface area (Å²) in [7, 11) is -3.59. The smallest absolute Gasteiger partial charge is 0.298 e. The first kappa shape index (κ1) is 19.2. The second-order valence-electron chi connectivity index (χ2n) is 5.95. The van der Waals surface area contributed by atoms with Crippen molar-refractivity contribution in [1.29, 1.82) is 0 Å². The molecule has 2 aromatic carbocycles. The van der Waals surface area contributed by atoms with Crippen molar-refractivity contribution >= 4 is 32.7 Å². The first-order valence-electron chi connectivity index (χ1n) is 7.99. The Labute approximate surface area is 160 Å². The topological polar surface area (TPSA) is 146 Å². The van der Waals surface area contributed by atoms with Crippen LogP contribution in [-0.2, 0) is 9.84 Å². The van der Waals surface area contributed by atoms with E-state index in [1.807, 2.05) is 30.3 Å². The molecule has 10 nitrogen and oxygen atoms in total. The van der Waals surface area contributed by atoms with E-state index in [4.69, 9.17) is 5.73 Å². The number of benzene rings is 2. The number of nitrogen functional groups attached to an aromatic ring is 1. The Hall–Kier alpha value is -3.60. The van der Waals surface area contributed by atoms with Gasteiger partial charge in [0.2, 0.25) is 0 Å². The molecule has 0 radical (unpaired) electrons. The van der Waals surface area contributed by atoms with Crippen molar-refractivity contribution in [3.05, 3.63) is 64.3 Å². The third-order valence-corrected chi connectivity index (χ3v) is 5.00. The Morgan fingerprint density at radius 1 is 1.14 bits per heavy atom. The summed E-state index contributed by atoms with van der Waals surface area (Å²) in [5.41, 5.74) is 7.03. The molecule has 0 saturated heterocycles. The lowest BCUT2D eigenvalue weighted by Crippen LogP contribution is -2.01. The van der Waals surface area contributed by atoms with Crippen LogP contribution in [-0.4, -0.2) is 29.4 Å². The highest BCUT2D eigenvalue weighted by atomic mass is 32.2. The summed E-state index contributed by atoms with van der Waals surface area (Å²) >= 11 is 0. The molecule has 0 aliphatic heterocycles. The molecule has 1 heterocycles. The average Bonchev–Trinajstić information content (AvgIpc) is 2.93. The summed E-state index contributed by atoms with van der Waals surface area (Å²) in [5, 5.41) is 23.5. The maximum absolute atomic E-state index is 11.6. The lowest BCUT2D eigenvalue weighted by Gasteiger charge is -2.03. The Morgan fingerprint density at radius 2 is 1.82 bits per heavy atom. The fourth-order valence-corrected chi connectivity index (χ4v) is 3.14. The molecule has 0 saturated carbocycles. The number of anilines is 1. The number of nitrogens with two attached hydrogens (primary N) is 1. The van der Waals surface area contributed by atoms with Gasteiger partial charge in [0.15, 0.2) is 27.0 Å². The van der Waals surface area contributed by atoms with Gasteiger partial charge in [0, 0.05) is 12.3 Å². The maximum atomic E-state index is 11.6. The van der Waals surface area contributed by atoms with E-state index in [9.17, 15) is 18.5 Å². The van der Waals surface area contributed by atoms with Gasteiger partial charge in [-0.2, -0.15) is 5.10 Å². The zero-order valence-electron chi connectivity index (χ0n) is 15.0. The number of nitrogens with zero attached hydrogens (tertiary/aromatic N) is 5. The van der Waals surface area contributed by atoms with Crippen LogP contribution in [0, 0.1) is 17.0 Å². The summed E-state index contributed by atoms with van der Waals surface area (Å²) in [6, 6.07) is 12.6. The highest BCUT2D eigenvalue weighted by molar-refractivity contribution is 7.90. The first-order valence-corrected chi connectivity index (χ1v) is 9.88. The summed E-state index contributed by atoms with van der Waals surface area (Å²) in [5.74, 6) is 0.225. The largest absolute Gasteiger partial charge is 0.382 e. The van der Waals surface area contributed by atoms with E-state index < -0.39 is 20.4 Å². The monoisotopic (exact) mass is 400 g/mol. The molecule has 0 spiro atoms. The molecular formula is C17H16N6O4S. The van der Waals surface area contributed by atoms with Crippen molar-refractivity contribution in [3.63, 3.8) is 0 Å². The van der Waals surface area contributed by atoms with E-state index in [1.165, 1.54) is 16.8 Å². The highest BCUT2D eigenvalue weighted by Crippen LogP contribution is 2.34. The van der Waals surface area contributed by atoms with Crippen molar-refractivity contribution < 1.29 is 13.3 Å². The Balaban J connectivity index is 2.03. The van der Waals surface area contributed by atoms with Gasteiger partial charge in [0.1, 0.15) is 0 Å². The third kappa shape index (κ3) is 3.74. The van der Waals surface area contributed by atoms with Crippen molar-refractivity contribution in [2.24, 2.45) is 10.2 Å². The molecule has 144 valence electrons. The molecule has 3 rings (SSSR count). The second-order valence-corrected chi connectivity index (χ2v) is 7.96. The van der Waals surface area contributed by atoms with Crippen LogP contribution in [0.2, 0.25) is 0 Å². The van der Waals surface area contributed by atoms with Crippen LogP contribution in [0.4, 0.5) is 22.9 Å². The number of rotatable bonds is 5. The molecular weight excluding hydrogens is 384 g/mol. The fraction of sp³-hybridized carbons (Fsp3) is 0.118. The summed E-state index contributed by atoms with van der Waals surface area (Å²) < 4.78 is 24.7. The van der Waals surface area contributed by atoms with E-state index in [0.29, 0.717) is 5.69 Å². The zero-order valence-corrected chi connectivity index (χ0v) is 15.8. The number of nitro benzene ring substituents is 1. The summed E-state index contributed by atoms with van der Waals surface area (Å²) in [4.78, 5) is 10.4. The number of sulfone groups is 1. The van der Waals surface area contributed by atoms with E-state index in [-0.39, 0.29) is 22.1 Å². The zero-order chi connectivity index (χ0) is 20.5. The van der Waals surface area contributed by atoms with E-state index in [0.717, 1.165) is 18.0 Å².